The average molecular weight is 310 g/mol. The average Bonchev–Trinajstić information content (AvgIpc) is 2.54. The van der Waals surface area contributed by atoms with Gasteiger partial charge in [0.15, 0.2) is 0 Å². The molecule has 0 aliphatic rings. The zero-order valence-electron chi connectivity index (χ0n) is 14.2. The Bertz CT molecular complexity index is 650. The molecule has 0 saturated carbocycles. The van der Waals surface area contributed by atoms with Crippen LogP contribution < -0.4 is 11.1 Å². The molecule has 2 aromatic carbocycles. The van der Waals surface area contributed by atoms with Crippen LogP contribution >= 0.6 is 0 Å². The summed E-state index contributed by atoms with van der Waals surface area (Å²) in [7, 11) is 0. The third kappa shape index (κ3) is 4.67. The molecule has 2 rings (SSSR count). The van der Waals surface area contributed by atoms with Gasteiger partial charge in [0.1, 0.15) is 0 Å². The Hall–Kier alpha value is -2.13. The van der Waals surface area contributed by atoms with Crippen LogP contribution in [0.25, 0.3) is 11.1 Å². The van der Waals surface area contributed by atoms with Gasteiger partial charge in [-0.3, -0.25) is 4.79 Å². The van der Waals surface area contributed by atoms with Crippen molar-refractivity contribution in [1.29, 1.82) is 0 Å². The number of aryl methyl sites for hydroxylation is 1. The number of hydrogen-bond acceptors (Lipinski definition) is 2. The monoisotopic (exact) mass is 310 g/mol. The molecule has 0 radical (unpaired) electrons. The molecule has 2 aromatic rings. The van der Waals surface area contributed by atoms with Gasteiger partial charge in [-0.2, -0.15) is 0 Å². The van der Waals surface area contributed by atoms with Crippen LogP contribution in [-0.2, 0) is 17.6 Å². The van der Waals surface area contributed by atoms with E-state index in [1.165, 1.54) is 16.7 Å². The first kappa shape index (κ1) is 17.2. The Balaban J connectivity index is 2.18. The van der Waals surface area contributed by atoms with E-state index >= 15 is 0 Å². The van der Waals surface area contributed by atoms with Gasteiger partial charge in [-0.15, -0.1) is 0 Å². The standard InChI is InChI=1S/C20H26N2O/c1-4-16-12-15(13-19(21)20(23)22-14(2)3)10-11-18(16)17-8-6-5-7-9-17/h5-12,14,19H,4,13,21H2,1-3H3,(H,22,23)/t19-/m0/s1. The number of benzene rings is 2. The lowest BCUT2D eigenvalue weighted by Gasteiger charge is -2.16. The van der Waals surface area contributed by atoms with E-state index in [-0.39, 0.29) is 11.9 Å². The minimum absolute atomic E-state index is 0.0924. The molecule has 122 valence electrons. The van der Waals surface area contributed by atoms with Gasteiger partial charge in [0, 0.05) is 6.04 Å². The number of hydrogen-bond donors (Lipinski definition) is 2. The number of rotatable bonds is 6. The van der Waals surface area contributed by atoms with Crippen LogP contribution in [0, 0.1) is 0 Å². The summed E-state index contributed by atoms with van der Waals surface area (Å²) >= 11 is 0. The van der Waals surface area contributed by atoms with E-state index in [1.54, 1.807) is 0 Å². The van der Waals surface area contributed by atoms with Crippen LogP contribution in [-0.4, -0.2) is 18.0 Å². The Morgan fingerprint density at radius 2 is 1.83 bits per heavy atom. The third-order valence-corrected chi connectivity index (χ3v) is 3.86. The van der Waals surface area contributed by atoms with Crippen molar-refractivity contribution in [3.05, 3.63) is 59.7 Å². The maximum atomic E-state index is 12.0. The van der Waals surface area contributed by atoms with Crippen molar-refractivity contribution in [3.8, 4) is 11.1 Å². The fourth-order valence-corrected chi connectivity index (χ4v) is 2.70. The summed E-state index contributed by atoms with van der Waals surface area (Å²) in [5, 5.41) is 2.86. The summed E-state index contributed by atoms with van der Waals surface area (Å²) in [6, 6.07) is 16.3. The highest BCUT2D eigenvalue weighted by Gasteiger charge is 2.15. The largest absolute Gasteiger partial charge is 0.353 e. The molecule has 1 atom stereocenters. The molecule has 3 heteroatoms. The van der Waals surface area contributed by atoms with Crippen LogP contribution in [0.5, 0.6) is 0 Å². The van der Waals surface area contributed by atoms with E-state index in [9.17, 15) is 4.79 Å². The van der Waals surface area contributed by atoms with Gasteiger partial charge in [-0.25, -0.2) is 0 Å². The number of nitrogens with one attached hydrogen (secondary N) is 1. The molecule has 0 bridgehead atoms. The van der Waals surface area contributed by atoms with Crippen molar-refractivity contribution in [3.63, 3.8) is 0 Å². The summed E-state index contributed by atoms with van der Waals surface area (Å²) in [5.74, 6) is -0.0924. The van der Waals surface area contributed by atoms with Gasteiger partial charge >= 0.3 is 0 Å². The van der Waals surface area contributed by atoms with E-state index < -0.39 is 6.04 Å². The maximum absolute atomic E-state index is 12.0. The molecule has 0 aromatic heterocycles. The van der Waals surface area contributed by atoms with E-state index in [2.05, 4.69) is 54.7 Å². The van der Waals surface area contributed by atoms with E-state index in [0.29, 0.717) is 6.42 Å². The van der Waals surface area contributed by atoms with Crippen molar-refractivity contribution in [1.82, 2.24) is 5.32 Å². The lowest BCUT2D eigenvalue weighted by Crippen LogP contribution is -2.44. The normalized spacial score (nSPS) is 12.2. The molecule has 0 aliphatic carbocycles. The fourth-order valence-electron chi connectivity index (χ4n) is 2.70. The Labute approximate surface area is 138 Å². The molecule has 0 spiro atoms. The minimum Gasteiger partial charge on any atom is -0.353 e. The first-order valence-corrected chi connectivity index (χ1v) is 8.24. The first-order valence-electron chi connectivity index (χ1n) is 8.24. The minimum atomic E-state index is -0.510. The Morgan fingerprint density at radius 3 is 2.43 bits per heavy atom. The smallest absolute Gasteiger partial charge is 0.237 e. The summed E-state index contributed by atoms with van der Waals surface area (Å²) in [6.45, 7) is 6.03. The number of carbonyl (C=O) groups excluding carboxylic acids is 1. The lowest BCUT2D eigenvalue weighted by molar-refractivity contribution is -0.122. The molecule has 3 N–H and O–H groups in total. The first-order chi connectivity index (χ1) is 11.0. The molecular formula is C20H26N2O. The van der Waals surface area contributed by atoms with Crippen LogP contribution in [0.15, 0.2) is 48.5 Å². The molecule has 1 amide bonds. The van der Waals surface area contributed by atoms with Crippen molar-refractivity contribution in [2.24, 2.45) is 5.73 Å². The zero-order valence-corrected chi connectivity index (χ0v) is 14.2. The Morgan fingerprint density at radius 1 is 1.13 bits per heavy atom. The summed E-state index contributed by atoms with van der Waals surface area (Å²) in [4.78, 5) is 12.0. The summed E-state index contributed by atoms with van der Waals surface area (Å²) in [5.41, 5.74) is 10.9. The predicted octanol–water partition coefficient (Wildman–Crippen LogP) is 3.31. The highest BCUT2D eigenvalue weighted by atomic mass is 16.2. The van der Waals surface area contributed by atoms with Gasteiger partial charge in [0.25, 0.3) is 0 Å². The second-order valence-electron chi connectivity index (χ2n) is 6.18. The van der Waals surface area contributed by atoms with E-state index in [4.69, 9.17) is 5.73 Å². The van der Waals surface area contributed by atoms with Crippen LogP contribution in [0.4, 0.5) is 0 Å². The SMILES string of the molecule is CCc1cc(C[C@H](N)C(=O)NC(C)C)ccc1-c1ccccc1. The highest BCUT2D eigenvalue weighted by Crippen LogP contribution is 2.25. The molecule has 23 heavy (non-hydrogen) atoms. The second kappa shape index (κ2) is 7.93. The zero-order chi connectivity index (χ0) is 16.8. The van der Waals surface area contributed by atoms with Crippen LogP contribution in [0.1, 0.15) is 31.9 Å². The number of amides is 1. The van der Waals surface area contributed by atoms with Gasteiger partial charge in [-0.1, -0.05) is 55.5 Å². The van der Waals surface area contributed by atoms with Crippen molar-refractivity contribution < 1.29 is 4.79 Å². The van der Waals surface area contributed by atoms with Crippen molar-refractivity contribution >= 4 is 5.91 Å². The molecular weight excluding hydrogens is 284 g/mol. The Kier molecular flexibility index (Phi) is 5.94. The molecule has 3 nitrogen and oxygen atoms in total. The van der Waals surface area contributed by atoms with Crippen LogP contribution in [0.2, 0.25) is 0 Å². The summed E-state index contributed by atoms with van der Waals surface area (Å²) < 4.78 is 0. The number of carbonyl (C=O) groups is 1. The highest BCUT2D eigenvalue weighted by molar-refractivity contribution is 5.82. The van der Waals surface area contributed by atoms with Gasteiger partial charge < -0.3 is 11.1 Å². The fraction of sp³-hybridized carbons (Fsp3) is 0.350. The van der Waals surface area contributed by atoms with Crippen molar-refractivity contribution in [2.45, 2.75) is 45.7 Å². The van der Waals surface area contributed by atoms with Gasteiger partial charge in [0.2, 0.25) is 5.91 Å². The maximum Gasteiger partial charge on any atom is 0.237 e. The third-order valence-electron chi connectivity index (χ3n) is 3.86. The lowest BCUT2D eigenvalue weighted by atomic mass is 9.94. The summed E-state index contributed by atoms with van der Waals surface area (Å²) in [6.07, 6.45) is 1.51. The topological polar surface area (TPSA) is 55.1 Å². The molecule has 0 unspecified atom stereocenters. The molecule has 0 saturated heterocycles. The molecule has 0 fully saturated rings. The van der Waals surface area contributed by atoms with Crippen LogP contribution in [0.3, 0.4) is 0 Å². The van der Waals surface area contributed by atoms with Gasteiger partial charge in [-0.05, 0) is 48.9 Å². The number of nitrogens with two attached hydrogens (primary N) is 1. The quantitative estimate of drug-likeness (QED) is 0.860. The molecule has 0 aliphatic heterocycles. The van der Waals surface area contributed by atoms with E-state index in [0.717, 1.165) is 12.0 Å². The molecule has 0 heterocycles. The van der Waals surface area contributed by atoms with E-state index in [1.807, 2.05) is 19.9 Å². The predicted molar refractivity (Wildman–Crippen MR) is 96.2 cm³/mol. The second-order valence-corrected chi connectivity index (χ2v) is 6.18. The van der Waals surface area contributed by atoms with Gasteiger partial charge in [0.05, 0.1) is 6.04 Å². The van der Waals surface area contributed by atoms with Crippen molar-refractivity contribution in [2.75, 3.05) is 0 Å².